The number of nitrogens with zero attached hydrogens (tertiary/aromatic N) is 5. The first kappa shape index (κ1) is 16.8. The number of rotatable bonds is 2. The zero-order valence-electron chi connectivity index (χ0n) is 14.7. The number of hydrogen-bond donors (Lipinski definition) is 0. The van der Waals surface area contributed by atoms with E-state index in [9.17, 15) is 9.18 Å². The van der Waals surface area contributed by atoms with E-state index >= 15 is 0 Å². The lowest BCUT2D eigenvalue weighted by molar-refractivity contribution is 0.0644. The fourth-order valence-corrected chi connectivity index (χ4v) is 4.15. The van der Waals surface area contributed by atoms with Crippen molar-refractivity contribution in [3.8, 4) is 10.8 Å². The molecule has 1 amide bonds. The fourth-order valence-electron chi connectivity index (χ4n) is 3.48. The molecular weight excluding hydrogens is 353 g/mol. The molecule has 0 bridgehead atoms. The molecule has 0 saturated heterocycles. The lowest BCUT2D eigenvalue weighted by Crippen LogP contribution is -2.41. The molecule has 1 aliphatic heterocycles. The van der Waals surface area contributed by atoms with Crippen molar-refractivity contribution >= 4 is 17.4 Å². The zero-order chi connectivity index (χ0) is 18.4. The minimum absolute atomic E-state index is 0.0994. The van der Waals surface area contributed by atoms with Gasteiger partial charge in [0.1, 0.15) is 11.6 Å². The number of amides is 1. The average Bonchev–Trinajstić information content (AvgIpc) is 3.19. The van der Waals surface area contributed by atoms with Crippen LogP contribution in [0.4, 0.5) is 4.39 Å². The standard InChI is InChI=1S/C18H18FN5OS/c1-10-15-11(2)23(18(25)13-4-6-14(19)7-5-13)8-9-24(15)16(20-10)17-21-12(3)22-26-17/h4-7,11H,8-9H2,1-3H3/t11-/m1/s1. The molecule has 1 aliphatic rings. The van der Waals surface area contributed by atoms with E-state index in [-0.39, 0.29) is 17.8 Å². The first-order valence-electron chi connectivity index (χ1n) is 8.40. The second-order valence-electron chi connectivity index (χ2n) is 6.39. The van der Waals surface area contributed by atoms with Gasteiger partial charge in [0.05, 0.1) is 17.4 Å². The number of imidazole rings is 1. The predicted molar refractivity (Wildman–Crippen MR) is 96.5 cm³/mol. The Morgan fingerprint density at radius 3 is 2.58 bits per heavy atom. The normalized spacial score (nSPS) is 16.6. The highest BCUT2D eigenvalue weighted by molar-refractivity contribution is 7.09. The molecule has 0 saturated carbocycles. The van der Waals surface area contributed by atoms with Crippen molar-refractivity contribution in [2.45, 2.75) is 33.4 Å². The Morgan fingerprint density at radius 1 is 1.19 bits per heavy atom. The molecule has 3 heterocycles. The minimum atomic E-state index is -0.348. The van der Waals surface area contributed by atoms with Crippen molar-refractivity contribution in [3.63, 3.8) is 0 Å². The molecule has 0 spiro atoms. The van der Waals surface area contributed by atoms with E-state index in [1.807, 2.05) is 25.7 Å². The van der Waals surface area contributed by atoms with Crippen LogP contribution < -0.4 is 0 Å². The third-order valence-electron chi connectivity index (χ3n) is 4.69. The van der Waals surface area contributed by atoms with Crippen molar-refractivity contribution in [1.29, 1.82) is 0 Å². The monoisotopic (exact) mass is 371 g/mol. The molecule has 2 aromatic heterocycles. The van der Waals surface area contributed by atoms with Crippen LogP contribution in [0.5, 0.6) is 0 Å². The Labute approximate surface area is 154 Å². The highest BCUT2D eigenvalue weighted by Gasteiger charge is 2.33. The quantitative estimate of drug-likeness (QED) is 0.693. The van der Waals surface area contributed by atoms with E-state index in [0.717, 1.165) is 28.0 Å². The van der Waals surface area contributed by atoms with Crippen LogP contribution in [-0.4, -0.2) is 36.3 Å². The van der Waals surface area contributed by atoms with E-state index < -0.39 is 0 Å². The number of benzene rings is 1. The summed E-state index contributed by atoms with van der Waals surface area (Å²) in [5, 5.41) is 0.794. The third kappa shape index (κ3) is 2.70. The maximum atomic E-state index is 13.1. The summed E-state index contributed by atoms with van der Waals surface area (Å²) < 4.78 is 19.5. The summed E-state index contributed by atoms with van der Waals surface area (Å²) in [6.45, 7) is 7.01. The van der Waals surface area contributed by atoms with Gasteiger partial charge in [-0.1, -0.05) is 0 Å². The van der Waals surface area contributed by atoms with Gasteiger partial charge in [0.15, 0.2) is 10.8 Å². The van der Waals surface area contributed by atoms with Gasteiger partial charge in [0.2, 0.25) is 0 Å². The molecule has 4 rings (SSSR count). The summed E-state index contributed by atoms with van der Waals surface area (Å²) in [5.74, 6) is 1.10. The third-order valence-corrected chi connectivity index (χ3v) is 5.49. The summed E-state index contributed by atoms with van der Waals surface area (Å²) >= 11 is 1.33. The van der Waals surface area contributed by atoms with Crippen LogP contribution in [0.15, 0.2) is 24.3 Å². The van der Waals surface area contributed by atoms with Gasteiger partial charge in [-0.3, -0.25) is 4.79 Å². The summed E-state index contributed by atoms with van der Waals surface area (Å²) in [4.78, 5) is 23.8. The molecule has 1 atom stereocenters. The van der Waals surface area contributed by atoms with Crippen LogP contribution in [0, 0.1) is 19.7 Å². The molecule has 0 unspecified atom stereocenters. The van der Waals surface area contributed by atoms with Crippen molar-refractivity contribution < 1.29 is 9.18 Å². The largest absolute Gasteiger partial charge is 0.329 e. The molecule has 1 aromatic carbocycles. The first-order valence-corrected chi connectivity index (χ1v) is 9.17. The van der Waals surface area contributed by atoms with E-state index in [0.29, 0.717) is 18.7 Å². The van der Waals surface area contributed by atoms with Gasteiger partial charge in [-0.25, -0.2) is 14.4 Å². The second-order valence-corrected chi connectivity index (χ2v) is 7.14. The molecule has 0 fully saturated rings. The molecule has 26 heavy (non-hydrogen) atoms. The van der Waals surface area contributed by atoms with Crippen molar-refractivity contribution in [3.05, 3.63) is 52.9 Å². The van der Waals surface area contributed by atoms with Crippen LogP contribution in [0.3, 0.4) is 0 Å². The van der Waals surface area contributed by atoms with E-state index in [1.165, 1.54) is 35.8 Å². The molecule has 0 radical (unpaired) electrons. The van der Waals surface area contributed by atoms with Crippen molar-refractivity contribution in [2.24, 2.45) is 0 Å². The van der Waals surface area contributed by atoms with E-state index in [2.05, 4.69) is 18.9 Å². The molecule has 0 N–H and O–H groups in total. The molecule has 3 aromatic rings. The SMILES string of the molecule is Cc1nsc(-c2nc(C)c3n2CCN(C(=O)c2ccc(F)cc2)[C@@H]3C)n1. The summed E-state index contributed by atoms with van der Waals surface area (Å²) in [5.41, 5.74) is 2.38. The van der Waals surface area contributed by atoms with E-state index in [1.54, 1.807) is 0 Å². The average molecular weight is 371 g/mol. The fraction of sp³-hybridized carbons (Fsp3) is 0.333. The van der Waals surface area contributed by atoms with Crippen LogP contribution >= 0.6 is 11.5 Å². The highest BCUT2D eigenvalue weighted by Crippen LogP contribution is 2.34. The predicted octanol–water partition coefficient (Wildman–Crippen LogP) is 3.37. The minimum Gasteiger partial charge on any atom is -0.329 e. The Kier molecular flexibility index (Phi) is 4.07. The molecule has 134 valence electrons. The summed E-state index contributed by atoms with van der Waals surface area (Å²) in [6, 6.07) is 5.55. The number of halogens is 1. The molecule has 8 heteroatoms. The molecule has 0 aliphatic carbocycles. The van der Waals surface area contributed by atoms with E-state index in [4.69, 9.17) is 0 Å². The van der Waals surface area contributed by atoms with Gasteiger partial charge in [0.25, 0.3) is 5.91 Å². The second kappa shape index (κ2) is 6.28. The van der Waals surface area contributed by atoms with Crippen molar-refractivity contribution in [1.82, 2.24) is 23.8 Å². The zero-order valence-corrected chi connectivity index (χ0v) is 15.5. The van der Waals surface area contributed by atoms with Crippen LogP contribution in [0.1, 0.15) is 40.5 Å². The first-order chi connectivity index (χ1) is 12.5. The van der Waals surface area contributed by atoms with Crippen LogP contribution in [-0.2, 0) is 6.54 Å². The Balaban J connectivity index is 1.69. The van der Waals surface area contributed by atoms with Gasteiger partial charge < -0.3 is 9.47 Å². The number of aryl methyl sites for hydroxylation is 2. The Bertz CT molecular complexity index is 978. The van der Waals surface area contributed by atoms with Gasteiger partial charge in [0, 0.05) is 18.7 Å². The Morgan fingerprint density at radius 2 is 1.92 bits per heavy atom. The maximum Gasteiger partial charge on any atom is 0.254 e. The number of aromatic nitrogens is 4. The van der Waals surface area contributed by atoms with Gasteiger partial charge in [-0.2, -0.15) is 4.37 Å². The van der Waals surface area contributed by atoms with Gasteiger partial charge in [-0.15, -0.1) is 0 Å². The maximum absolute atomic E-state index is 13.1. The van der Waals surface area contributed by atoms with Gasteiger partial charge in [-0.05, 0) is 56.6 Å². The highest BCUT2D eigenvalue weighted by atomic mass is 32.1. The number of hydrogen-bond acceptors (Lipinski definition) is 5. The topological polar surface area (TPSA) is 63.9 Å². The molecule has 6 nitrogen and oxygen atoms in total. The number of fused-ring (bicyclic) bond motifs is 1. The molecular formula is C18H18FN5OS. The van der Waals surface area contributed by atoms with Gasteiger partial charge >= 0.3 is 0 Å². The number of carbonyl (C=O) groups excluding carboxylic acids is 1. The lowest BCUT2D eigenvalue weighted by Gasteiger charge is -2.35. The van der Waals surface area contributed by atoms with Crippen LogP contribution in [0.25, 0.3) is 10.8 Å². The van der Waals surface area contributed by atoms with Crippen molar-refractivity contribution in [2.75, 3.05) is 6.54 Å². The van der Waals surface area contributed by atoms with Crippen LogP contribution in [0.2, 0.25) is 0 Å². The summed E-state index contributed by atoms with van der Waals surface area (Å²) in [6.07, 6.45) is 0. The number of carbonyl (C=O) groups is 1. The smallest absolute Gasteiger partial charge is 0.254 e. The Hall–Kier alpha value is -2.61. The summed E-state index contributed by atoms with van der Waals surface area (Å²) in [7, 11) is 0. The lowest BCUT2D eigenvalue weighted by atomic mass is 10.1.